The van der Waals surface area contributed by atoms with Crippen LogP contribution in [-0.2, 0) is 4.79 Å². The molecule has 2 aromatic carbocycles. The Labute approximate surface area is 130 Å². The van der Waals surface area contributed by atoms with Crippen LogP contribution in [0, 0.1) is 13.8 Å². The normalized spacial score (nSPS) is 12.3. The Bertz CT molecular complexity index is 758. The number of hydrogen-bond acceptors (Lipinski definition) is 2. The second-order valence-electron chi connectivity index (χ2n) is 5.32. The number of aryl methyl sites for hydroxylation is 2. The van der Waals surface area contributed by atoms with Crippen molar-refractivity contribution in [3.05, 3.63) is 76.5 Å². The first kappa shape index (κ1) is 15.7. The molecule has 0 bridgehead atoms. The second kappa shape index (κ2) is 6.85. The van der Waals surface area contributed by atoms with Crippen molar-refractivity contribution in [2.75, 3.05) is 0 Å². The van der Waals surface area contributed by atoms with Gasteiger partial charge in [0.15, 0.2) is 0 Å². The zero-order valence-electron chi connectivity index (χ0n) is 13.0. The summed E-state index contributed by atoms with van der Waals surface area (Å²) < 4.78 is 0. The molecule has 3 nitrogen and oxygen atoms in total. The van der Waals surface area contributed by atoms with Crippen LogP contribution in [0.4, 0.5) is 0 Å². The number of benzene rings is 2. The molecule has 1 N–H and O–H groups in total. The summed E-state index contributed by atoms with van der Waals surface area (Å²) in [6.45, 7) is 5.79. The molecule has 0 spiro atoms. The van der Waals surface area contributed by atoms with Gasteiger partial charge in [-0.1, -0.05) is 59.7 Å². The van der Waals surface area contributed by atoms with Gasteiger partial charge < -0.3 is 5.11 Å². The monoisotopic (exact) mass is 293 g/mol. The van der Waals surface area contributed by atoms with E-state index in [-0.39, 0.29) is 5.70 Å². The van der Waals surface area contributed by atoms with E-state index in [2.05, 4.69) is 4.99 Å². The number of carboxylic acids is 1. The van der Waals surface area contributed by atoms with E-state index in [9.17, 15) is 9.90 Å². The minimum atomic E-state index is -1.03. The summed E-state index contributed by atoms with van der Waals surface area (Å²) >= 11 is 0. The first-order valence-electron chi connectivity index (χ1n) is 7.10. The van der Waals surface area contributed by atoms with E-state index >= 15 is 0 Å². The van der Waals surface area contributed by atoms with Crippen molar-refractivity contribution in [2.45, 2.75) is 20.8 Å². The summed E-state index contributed by atoms with van der Waals surface area (Å²) in [5, 5.41) is 9.38. The molecule has 22 heavy (non-hydrogen) atoms. The van der Waals surface area contributed by atoms with E-state index in [1.54, 1.807) is 6.08 Å². The van der Waals surface area contributed by atoms with Crippen LogP contribution >= 0.6 is 0 Å². The fraction of sp³-hybridized carbons (Fsp3) is 0.158. The molecule has 3 heteroatoms. The molecule has 0 aliphatic heterocycles. The van der Waals surface area contributed by atoms with Crippen LogP contribution in [0.2, 0.25) is 0 Å². The molecule has 112 valence electrons. The molecule has 0 aliphatic rings. The van der Waals surface area contributed by atoms with Gasteiger partial charge in [0.25, 0.3) is 0 Å². The standard InChI is InChI=1S/C19H19NO2/c1-13-6-4-8-16(10-13)12-18(19(21)22)20-15(3)17-9-5-7-14(2)11-17/h4-12H,1-3H3,(H,21,22)/b18-12-,20-15?. The highest BCUT2D eigenvalue weighted by Crippen LogP contribution is 2.13. The summed E-state index contributed by atoms with van der Waals surface area (Å²) in [5.74, 6) is -1.03. The third-order valence-electron chi connectivity index (χ3n) is 3.29. The Kier molecular flexibility index (Phi) is 4.89. The van der Waals surface area contributed by atoms with Gasteiger partial charge in [0.1, 0.15) is 5.70 Å². The fourth-order valence-electron chi connectivity index (χ4n) is 2.17. The van der Waals surface area contributed by atoms with Gasteiger partial charge in [0.2, 0.25) is 0 Å². The van der Waals surface area contributed by atoms with Crippen LogP contribution in [0.3, 0.4) is 0 Å². The van der Waals surface area contributed by atoms with Gasteiger partial charge in [-0.05, 0) is 38.0 Å². The molecule has 0 fully saturated rings. The number of carboxylic acid groups (broad SMARTS) is 1. The van der Waals surface area contributed by atoms with E-state index in [1.807, 2.05) is 69.3 Å². The third-order valence-corrected chi connectivity index (χ3v) is 3.29. The van der Waals surface area contributed by atoms with Crippen molar-refractivity contribution in [1.29, 1.82) is 0 Å². The van der Waals surface area contributed by atoms with Crippen molar-refractivity contribution >= 4 is 17.8 Å². The van der Waals surface area contributed by atoms with Crippen molar-refractivity contribution in [1.82, 2.24) is 0 Å². The van der Waals surface area contributed by atoms with Gasteiger partial charge >= 0.3 is 5.97 Å². The fourth-order valence-corrected chi connectivity index (χ4v) is 2.17. The van der Waals surface area contributed by atoms with Crippen LogP contribution in [0.5, 0.6) is 0 Å². The lowest BCUT2D eigenvalue weighted by Gasteiger charge is -2.04. The second-order valence-corrected chi connectivity index (χ2v) is 5.32. The van der Waals surface area contributed by atoms with Gasteiger partial charge in [-0.15, -0.1) is 0 Å². The quantitative estimate of drug-likeness (QED) is 0.677. The number of aliphatic carboxylic acids is 1. The van der Waals surface area contributed by atoms with Gasteiger partial charge in [0, 0.05) is 5.71 Å². The van der Waals surface area contributed by atoms with Crippen molar-refractivity contribution in [3.63, 3.8) is 0 Å². The minimum Gasteiger partial charge on any atom is -0.477 e. The average Bonchev–Trinajstić information content (AvgIpc) is 2.46. The van der Waals surface area contributed by atoms with Crippen LogP contribution < -0.4 is 0 Å². The van der Waals surface area contributed by atoms with Gasteiger partial charge in [-0.2, -0.15) is 0 Å². The van der Waals surface area contributed by atoms with Crippen LogP contribution in [-0.4, -0.2) is 16.8 Å². The largest absolute Gasteiger partial charge is 0.477 e. The predicted octanol–water partition coefficient (Wildman–Crippen LogP) is 4.24. The van der Waals surface area contributed by atoms with Crippen LogP contribution in [0.1, 0.15) is 29.2 Å². The summed E-state index contributed by atoms with van der Waals surface area (Å²) in [6, 6.07) is 15.5. The highest BCUT2D eigenvalue weighted by molar-refractivity contribution is 6.03. The van der Waals surface area contributed by atoms with Crippen molar-refractivity contribution in [3.8, 4) is 0 Å². The lowest BCUT2D eigenvalue weighted by atomic mass is 10.1. The Morgan fingerprint density at radius 3 is 2.27 bits per heavy atom. The van der Waals surface area contributed by atoms with E-state index in [1.165, 1.54) is 0 Å². The van der Waals surface area contributed by atoms with Gasteiger partial charge in [-0.25, -0.2) is 9.79 Å². The molecule has 0 atom stereocenters. The molecule has 0 radical (unpaired) electrons. The summed E-state index contributed by atoms with van der Waals surface area (Å²) in [7, 11) is 0. The predicted molar refractivity (Wildman–Crippen MR) is 90.2 cm³/mol. The first-order valence-corrected chi connectivity index (χ1v) is 7.10. The topological polar surface area (TPSA) is 49.7 Å². The number of nitrogens with zero attached hydrogens (tertiary/aromatic N) is 1. The summed E-state index contributed by atoms with van der Waals surface area (Å²) in [4.78, 5) is 15.7. The summed E-state index contributed by atoms with van der Waals surface area (Å²) in [6.07, 6.45) is 1.59. The molecule has 0 aliphatic carbocycles. The minimum absolute atomic E-state index is 0.0320. The number of rotatable bonds is 4. The van der Waals surface area contributed by atoms with Gasteiger partial charge in [-0.3, -0.25) is 0 Å². The lowest BCUT2D eigenvalue weighted by molar-refractivity contribution is -0.132. The molecule has 0 saturated carbocycles. The van der Waals surface area contributed by atoms with E-state index in [0.717, 1.165) is 22.3 Å². The molecule has 0 unspecified atom stereocenters. The zero-order chi connectivity index (χ0) is 16.1. The number of hydrogen-bond donors (Lipinski definition) is 1. The molecule has 0 aromatic heterocycles. The molecule has 0 saturated heterocycles. The Morgan fingerprint density at radius 1 is 1.05 bits per heavy atom. The van der Waals surface area contributed by atoms with Crippen LogP contribution in [0.15, 0.2) is 59.2 Å². The maximum atomic E-state index is 11.4. The third kappa shape index (κ3) is 4.16. The highest BCUT2D eigenvalue weighted by Gasteiger charge is 2.08. The molecule has 0 amide bonds. The average molecular weight is 293 g/mol. The molecule has 0 heterocycles. The smallest absolute Gasteiger partial charge is 0.354 e. The van der Waals surface area contributed by atoms with E-state index in [4.69, 9.17) is 0 Å². The molecule has 2 aromatic rings. The molecular weight excluding hydrogens is 274 g/mol. The Morgan fingerprint density at radius 2 is 1.68 bits per heavy atom. The van der Waals surface area contributed by atoms with E-state index in [0.29, 0.717) is 5.71 Å². The first-order chi connectivity index (χ1) is 10.5. The van der Waals surface area contributed by atoms with E-state index < -0.39 is 5.97 Å². The summed E-state index contributed by atoms with van der Waals surface area (Å²) in [5.41, 5.74) is 4.67. The molecule has 2 rings (SSSR count). The molecular formula is C19H19NO2. The van der Waals surface area contributed by atoms with Crippen LogP contribution in [0.25, 0.3) is 6.08 Å². The Balaban J connectivity index is 2.40. The maximum Gasteiger partial charge on any atom is 0.354 e. The highest BCUT2D eigenvalue weighted by atomic mass is 16.4. The number of carbonyl (C=O) groups is 1. The van der Waals surface area contributed by atoms with Crippen molar-refractivity contribution in [2.24, 2.45) is 4.99 Å². The SMILES string of the molecule is CC(=N/C(=C\c1cccc(C)c1)C(=O)O)c1cccc(C)c1. The zero-order valence-corrected chi connectivity index (χ0v) is 13.0. The Hall–Kier alpha value is -2.68. The lowest BCUT2D eigenvalue weighted by Crippen LogP contribution is -2.03. The number of aliphatic imine (C=N–C) groups is 1. The van der Waals surface area contributed by atoms with Crippen molar-refractivity contribution < 1.29 is 9.90 Å². The van der Waals surface area contributed by atoms with Gasteiger partial charge in [0.05, 0.1) is 0 Å². The maximum absolute atomic E-state index is 11.4.